The van der Waals surface area contributed by atoms with E-state index in [1.807, 2.05) is 37.3 Å². The molecule has 39 heavy (non-hydrogen) atoms. The van der Waals surface area contributed by atoms with E-state index in [2.05, 4.69) is 5.32 Å². The van der Waals surface area contributed by atoms with Crippen molar-refractivity contribution in [2.24, 2.45) is 0 Å². The van der Waals surface area contributed by atoms with Crippen LogP contribution < -0.4 is 9.62 Å². The highest BCUT2D eigenvalue weighted by Crippen LogP contribution is 2.27. The number of nitrogens with zero attached hydrogens (tertiary/aromatic N) is 2. The fourth-order valence-electron chi connectivity index (χ4n) is 4.00. The van der Waals surface area contributed by atoms with Crippen LogP contribution in [0.5, 0.6) is 0 Å². The second kappa shape index (κ2) is 14.4. The maximum Gasteiger partial charge on any atom is 0.264 e. The largest absolute Gasteiger partial charge is 0.354 e. The maximum atomic E-state index is 13.8. The van der Waals surface area contributed by atoms with Crippen LogP contribution in [0.2, 0.25) is 10.0 Å². The molecule has 208 valence electrons. The summed E-state index contributed by atoms with van der Waals surface area (Å²) in [5.74, 6) is -0.804. The fourth-order valence-corrected chi connectivity index (χ4v) is 5.72. The van der Waals surface area contributed by atoms with E-state index >= 15 is 0 Å². The molecule has 0 unspecified atom stereocenters. The fraction of sp³-hybridized carbons (Fsp3) is 0.310. The molecular formula is C29H33Cl2N3O4S. The Labute approximate surface area is 240 Å². The van der Waals surface area contributed by atoms with Gasteiger partial charge >= 0.3 is 0 Å². The van der Waals surface area contributed by atoms with Crippen molar-refractivity contribution in [1.29, 1.82) is 0 Å². The van der Waals surface area contributed by atoms with Gasteiger partial charge in [0.2, 0.25) is 11.8 Å². The minimum atomic E-state index is -4.18. The van der Waals surface area contributed by atoms with Crippen molar-refractivity contribution in [3.63, 3.8) is 0 Å². The number of sulfonamides is 1. The number of amides is 2. The summed E-state index contributed by atoms with van der Waals surface area (Å²) in [6.45, 7) is 3.89. The molecular weight excluding hydrogens is 557 g/mol. The smallest absolute Gasteiger partial charge is 0.264 e. The zero-order chi connectivity index (χ0) is 28.4. The lowest BCUT2D eigenvalue weighted by molar-refractivity contribution is -0.138. The summed E-state index contributed by atoms with van der Waals surface area (Å²) in [4.78, 5) is 28.2. The number of nitrogens with one attached hydrogen (secondary N) is 1. The van der Waals surface area contributed by atoms with Crippen LogP contribution in [0.4, 0.5) is 5.69 Å². The average Bonchev–Trinajstić information content (AvgIpc) is 2.92. The molecule has 1 N–H and O–H groups in total. The third-order valence-corrected chi connectivity index (χ3v) is 8.53. The molecule has 0 aliphatic carbocycles. The average molecular weight is 591 g/mol. The molecule has 10 heteroatoms. The number of halogens is 2. The van der Waals surface area contributed by atoms with Crippen LogP contribution in [0.1, 0.15) is 32.3 Å². The summed E-state index contributed by atoms with van der Waals surface area (Å²) in [5, 5.41) is 3.58. The second-order valence-corrected chi connectivity index (χ2v) is 11.8. The highest BCUT2D eigenvalue weighted by atomic mass is 35.5. The van der Waals surface area contributed by atoms with Gasteiger partial charge in [0.15, 0.2) is 0 Å². The van der Waals surface area contributed by atoms with E-state index in [-0.39, 0.29) is 23.0 Å². The lowest BCUT2D eigenvalue weighted by Crippen LogP contribution is -2.52. The third-order valence-electron chi connectivity index (χ3n) is 6.26. The highest BCUT2D eigenvalue weighted by molar-refractivity contribution is 7.92. The molecule has 0 fully saturated rings. The highest BCUT2D eigenvalue weighted by Gasteiger charge is 2.32. The Morgan fingerprint density at radius 1 is 0.923 bits per heavy atom. The van der Waals surface area contributed by atoms with E-state index in [4.69, 9.17) is 23.2 Å². The Kier molecular flexibility index (Phi) is 11.2. The van der Waals surface area contributed by atoms with E-state index in [9.17, 15) is 18.0 Å². The summed E-state index contributed by atoms with van der Waals surface area (Å²) >= 11 is 12.2. The van der Waals surface area contributed by atoms with E-state index in [0.717, 1.165) is 22.7 Å². The number of benzene rings is 3. The Morgan fingerprint density at radius 2 is 1.62 bits per heavy atom. The standard InChI is InChI=1S/C29H33Cl2N3O4S/c1-3-4-18-32-29(36)22(2)33(19-17-23-9-6-5-7-10-23)28(35)21-34(26-12-8-11-25(31)20-26)39(37,38)27-15-13-24(30)14-16-27/h5-16,20,22H,3-4,17-19,21H2,1-2H3,(H,32,36)/t22-/m0/s1. The molecule has 0 saturated heterocycles. The summed E-state index contributed by atoms with van der Waals surface area (Å²) in [7, 11) is -4.18. The minimum Gasteiger partial charge on any atom is -0.354 e. The topological polar surface area (TPSA) is 86.8 Å². The predicted molar refractivity (Wildman–Crippen MR) is 157 cm³/mol. The Bertz CT molecular complexity index is 1350. The summed E-state index contributed by atoms with van der Waals surface area (Å²) in [5.41, 5.74) is 1.23. The first-order chi connectivity index (χ1) is 18.6. The van der Waals surface area contributed by atoms with E-state index in [1.54, 1.807) is 25.1 Å². The first kappa shape index (κ1) is 30.5. The van der Waals surface area contributed by atoms with Crippen molar-refractivity contribution >= 4 is 50.7 Å². The molecule has 0 spiro atoms. The van der Waals surface area contributed by atoms with Crippen LogP contribution in [0.15, 0.2) is 83.8 Å². The number of hydrogen-bond acceptors (Lipinski definition) is 4. The normalized spacial score (nSPS) is 12.0. The van der Waals surface area contributed by atoms with Crippen LogP contribution in [0.3, 0.4) is 0 Å². The minimum absolute atomic E-state index is 0.0270. The molecule has 0 heterocycles. The van der Waals surface area contributed by atoms with E-state index < -0.39 is 28.5 Å². The first-order valence-corrected chi connectivity index (χ1v) is 15.0. The van der Waals surface area contributed by atoms with Crippen molar-refractivity contribution in [1.82, 2.24) is 10.2 Å². The molecule has 3 aromatic rings. The molecule has 3 rings (SSSR count). The lowest BCUT2D eigenvalue weighted by atomic mass is 10.1. The number of carbonyl (C=O) groups excluding carboxylic acids is 2. The van der Waals surface area contributed by atoms with Gasteiger partial charge in [0.1, 0.15) is 12.6 Å². The van der Waals surface area contributed by atoms with Crippen molar-refractivity contribution in [3.8, 4) is 0 Å². The molecule has 2 amide bonds. The summed E-state index contributed by atoms with van der Waals surface area (Å²) in [6, 6.07) is 20.8. The van der Waals surface area contributed by atoms with Gasteiger partial charge in [-0.1, -0.05) is 72.9 Å². The monoisotopic (exact) mass is 589 g/mol. The van der Waals surface area contributed by atoms with Gasteiger partial charge in [-0.3, -0.25) is 13.9 Å². The molecule has 3 aromatic carbocycles. The van der Waals surface area contributed by atoms with Crippen molar-refractivity contribution in [2.45, 2.75) is 44.0 Å². The van der Waals surface area contributed by atoms with Crippen molar-refractivity contribution in [3.05, 3.63) is 94.5 Å². The van der Waals surface area contributed by atoms with E-state index in [0.29, 0.717) is 23.0 Å². The Morgan fingerprint density at radius 3 is 2.26 bits per heavy atom. The van der Waals surface area contributed by atoms with Gasteiger partial charge in [-0.25, -0.2) is 8.42 Å². The molecule has 0 radical (unpaired) electrons. The number of rotatable bonds is 13. The zero-order valence-corrected chi connectivity index (χ0v) is 24.3. The van der Waals surface area contributed by atoms with Crippen LogP contribution in [0, 0.1) is 0 Å². The number of unbranched alkanes of at least 4 members (excludes halogenated alkanes) is 1. The first-order valence-electron chi connectivity index (χ1n) is 12.8. The van der Waals surface area contributed by atoms with Gasteiger partial charge in [-0.15, -0.1) is 0 Å². The van der Waals surface area contributed by atoms with Crippen LogP contribution in [-0.4, -0.2) is 50.8 Å². The third kappa shape index (κ3) is 8.46. The van der Waals surface area contributed by atoms with Crippen LogP contribution in [-0.2, 0) is 26.0 Å². The van der Waals surface area contributed by atoms with Crippen LogP contribution >= 0.6 is 23.2 Å². The number of carbonyl (C=O) groups is 2. The molecule has 1 atom stereocenters. The molecule has 0 bridgehead atoms. The maximum absolute atomic E-state index is 13.8. The Hall–Kier alpha value is -3.07. The molecule has 0 aromatic heterocycles. The molecule has 0 aliphatic rings. The lowest BCUT2D eigenvalue weighted by Gasteiger charge is -2.32. The summed E-state index contributed by atoms with van der Waals surface area (Å²) < 4.78 is 28.5. The van der Waals surface area contributed by atoms with Gasteiger partial charge < -0.3 is 10.2 Å². The molecule has 0 aliphatic heterocycles. The van der Waals surface area contributed by atoms with Gasteiger partial charge in [0, 0.05) is 23.1 Å². The van der Waals surface area contributed by atoms with Crippen molar-refractivity contribution in [2.75, 3.05) is 23.9 Å². The second-order valence-electron chi connectivity index (χ2n) is 9.09. The van der Waals surface area contributed by atoms with Crippen molar-refractivity contribution < 1.29 is 18.0 Å². The van der Waals surface area contributed by atoms with Crippen LogP contribution in [0.25, 0.3) is 0 Å². The number of anilines is 1. The quantitative estimate of drug-likeness (QED) is 0.264. The SMILES string of the molecule is CCCCNC(=O)[C@H](C)N(CCc1ccccc1)C(=O)CN(c1cccc(Cl)c1)S(=O)(=O)c1ccc(Cl)cc1. The molecule has 0 saturated carbocycles. The van der Waals surface area contributed by atoms with E-state index in [1.165, 1.54) is 35.2 Å². The Balaban J connectivity index is 1.95. The van der Waals surface area contributed by atoms with Gasteiger partial charge in [0.25, 0.3) is 10.0 Å². The molecule has 7 nitrogen and oxygen atoms in total. The van der Waals surface area contributed by atoms with Gasteiger partial charge in [-0.2, -0.15) is 0 Å². The zero-order valence-electron chi connectivity index (χ0n) is 22.0. The number of hydrogen-bond donors (Lipinski definition) is 1. The van der Waals surface area contributed by atoms with Gasteiger partial charge in [-0.05, 0) is 67.8 Å². The van der Waals surface area contributed by atoms with Gasteiger partial charge in [0.05, 0.1) is 10.6 Å². The predicted octanol–water partition coefficient (Wildman–Crippen LogP) is 5.56. The summed E-state index contributed by atoms with van der Waals surface area (Å²) in [6.07, 6.45) is 2.24.